The van der Waals surface area contributed by atoms with Crippen LogP contribution in [0.4, 0.5) is 0 Å². The molecular weight excluding hydrogens is 279 g/mol. The molecule has 13 heavy (non-hydrogen) atoms. The molecule has 2 N–H and O–H groups in total. The third-order valence-corrected chi connectivity index (χ3v) is 3.10. The van der Waals surface area contributed by atoms with Gasteiger partial charge in [-0.1, -0.05) is 0 Å². The summed E-state index contributed by atoms with van der Waals surface area (Å²) < 4.78 is 1.09. The molecule has 0 bridgehead atoms. The van der Waals surface area contributed by atoms with Crippen molar-refractivity contribution in [3.05, 3.63) is 27.6 Å². The van der Waals surface area contributed by atoms with Gasteiger partial charge in [-0.05, 0) is 47.6 Å². The van der Waals surface area contributed by atoms with E-state index in [1.165, 1.54) is 0 Å². The molecule has 2 rings (SSSR count). The largest absolute Gasteiger partial charge is 0.369 e. The summed E-state index contributed by atoms with van der Waals surface area (Å²) in [4.78, 5) is 15.4. The van der Waals surface area contributed by atoms with E-state index in [1.807, 2.05) is 12.1 Å². The Hall–Kier alpha value is -0.650. The van der Waals surface area contributed by atoms with Gasteiger partial charge in [-0.3, -0.25) is 9.78 Å². The van der Waals surface area contributed by atoms with Crippen molar-refractivity contribution in [2.24, 2.45) is 5.73 Å². The number of primary amides is 1. The van der Waals surface area contributed by atoms with Crippen LogP contribution in [0.2, 0.25) is 0 Å². The lowest BCUT2D eigenvalue weighted by Crippen LogP contribution is -2.29. The molecule has 4 heteroatoms. The molecule has 0 unspecified atom stereocenters. The quantitative estimate of drug-likeness (QED) is 0.831. The van der Waals surface area contributed by atoms with Crippen molar-refractivity contribution in [2.45, 2.75) is 18.3 Å². The van der Waals surface area contributed by atoms with E-state index in [2.05, 4.69) is 27.6 Å². The summed E-state index contributed by atoms with van der Waals surface area (Å²) in [5.41, 5.74) is 5.72. The van der Waals surface area contributed by atoms with Gasteiger partial charge in [-0.15, -0.1) is 0 Å². The van der Waals surface area contributed by atoms with Crippen LogP contribution < -0.4 is 5.73 Å². The monoisotopic (exact) mass is 288 g/mol. The van der Waals surface area contributed by atoms with Crippen LogP contribution in [0.3, 0.4) is 0 Å². The minimum absolute atomic E-state index is 0.248. The second-order valence-electron chi connectivity index (χ2n) is 3.31. The number of carbonyl (C=O) groups is 1. The third kappa shape index (κ3) is 1.43. The van der Waals surface area contributed by atoms with Gasteiger partial charge in [0, 0.05) is 9.77 Å². The molecule has 0 saturated heterocycles. The van der Waals surface area contributed by atoms with Crippen LogP contribution >= 0.6 is 22.6 Å². The van der Waals surface area contributed by atoms with Crippen molar-refractivity contribution in [1.82, 2.24) is 4.98 Å². The smallest absolute Gasteiger partial charge is 0.229 e. The predicted molar refractivity (Wildman–Crippen MR) is 57.1 cm³/mol. The van der Waals surface area contributed by atoms with E-state index in [9.17, 15) is 4.79 Å². The van der Waals surface area contributed by atoms with E-state index in [0.29, 0.717) is 0 Å². The van der Waals surface area contributed by atoms with Crippen LogP contribution in [-0.2, 0) is 10.2 Å². The molecule has 1 fully saturated rings. The Bertz CT molecular complexity index is 360. The number of amides is 1. The number of nitrogens with zero attached hydrogens (tertiary/aromatic N) is 1. The normalized spacial score (nSPS) is 18.2. The van der Waals surface area contributed by atoms with E-state index in [0.717, 1.165) is 22.1 Å². The maximum absolute atomic E-state index is 11.2. The van der Waals surface area contributed by atoms with Crippen LogP contribution in [0.1, 0.15) is 18.5 Å². The van der Waals surface area contributed by atoms with E-state index in [4.69, 9.17) is 5.73 Å². The van der Waals surface area contributed by atoms with E-state index >= 15 is 0 Å². The van der Waals surface area contributed by atoms with Gasteiger partial charge in [-0.25, -0.2) is 0 Å². The maximum Gasteiger partial charge on any atom is 0.229 e. The minimum atomic E-state index is -0.443. The van der Waals surface area contributed by atoms with Crippen molar-refractivity contribution in [1.29, 1.82) is 0 Å². The van der Waals surface area contributed by atoms with E-state index in [-0.39, 0.29) is 5.91 Å². The average Bonchev–Trinajstić information content (AvgIpc) is 2.83. The summed E-state index contributed by atoms with van der Waals surface area (Å²) in [5, 5.41) is 0. The highest BCUT2D eigenvalue weighted by Crippen LogP contribution is 2.47. The maximum atomic E-state index is 11.2. The predicted octanol–water partition coefficient (Wildman–Crippen LogP) is 1.20. The Kier molecular flexibility index (Phi) is 2.02. The third-order valence-electron chi connectivity index (χ3n) is 2.43. The van der Waals surface area contributed by atoms with Crippen LogP contribution in [0, 0.1) is 3.57 Å². The summed E-state index contributed by atoms with van der Waals surface area (Å²) in [6, 6.07) is 3.83. The van der Waals surface area contributed by atoms with Gasteiger partial charge in [0.2, 0.25) is 5.91 Å². The van der Waals surface area contributed by atoms with Gasteiger partial charge in [-0.2, -0.15) is 0 Å². The molecule has 0 spiro atoms. The molecule has 0 aromatic carbocycles. The number of hydrogen-bond donors (Lipinski definition) is 1. The number of pyridine rings is 1. The van der Waals surface area contributed by atoms with Crippen LogP contribution in [-0.4, -0.2) is 10.9 Å². The number of carbonyl (C=O) groups excluding carboxylic acids is 1. The average molecular weight is 288 g/mol. The fourth-order valence-corrected chi connectivity index (χ4v) is 1.88. The molecule has 0 atom stereocenters. The lowest BCUT2D eigenvalue weighted by Gasteiger charge is -2.09. The topological polar surface area (TPSA) is 56.0 Å². The van der Waals surface area contributed by atoms with Gasteiger partial charge >= 0.3 is 0 Å². The Morgan fingerprint density at radius 3 is 2.77 bits per heavy atom. The number of aromatic nitrogens is 1. The molecule has 68 valence electrons. The zero-order valence-corrected chi connectivity index (χ0v) is 9.11. The van der Waals surface area contributed by atoms with Crippen molar-refractivity contribution in [2.75, 3.05) is 0 Å². The van der Waals surface area contributed by atoms with Gasteiger partial charge < -0.3 is 5.73 Å². The first kappa shape index (κ1) is 8.93. The van der Waals surface area contributed by atoms with Crippen LogP contribution in [0.5, 0.6) is 0 Å². The SMILES string of the molecule is NC(=O)C1(c2cc(I)ccn2)CC1. The summed E-state index contributed by atoms with van der Waals surface area (Å²) >= 11 is 2.20. The number of rotatable bonds is 2. The Morgan fingerprint density at radius 1 is 1.62 bits per heavy atom. The lowest BCUT2D eigenvalue weighted by molar-refractivity contribution is -0.120. The highest BCUT2D eigenvalue weighted by Gasteiger charge is 2.51. The van der Waals surface area contributed by atoms with E-state index < -0.39 is 5.41 Å². The summed E-state index contributed by atoms with van der Waals surface area (Å²) in [6.07, 6.45) is 3.41. The van der Waals surface area contributed by atoms with Crippen molar-refractivity contribution in [3.63, 3.8) is 0 Å². The first-order valence-corrected chi connectivity index (χ1v) is 5.15. The first-order chi connectivity index (χ1) is 6.15. The van der Waals surface area contributed by atoms with Gasteiger partial charge in [0.15, 0.2) is 0 Å². The highest BCUT2D eigenvalue weighted by molar-refractivity contribution is 14.1. The number of halogens is 1. The van der Waals surface area contributed by atoms with Gasteiger partial charge in [0.05, 0.1) is 11.1 Å². The van der Waals surface area contributed by atoms with E-state index in [1.54, 1.807) is 6.20 Å². The molecule has 1 heterocycles. The zero-order chi connectivity index (χ0) is 9.47. The molecule has 1 aromatic rings. The number of nitrogens with two attached hydrogens (primary N) is 1. The molecule has 1 amide bonds. The van der Waals surface area contributed by atoms with Crippen LogP contribution in [0.25, 0.3) is 0 Å². The molecular formula is C9H9IN2O. The molecule has 1 aliphatic rings. The summed E-state index contributed by atoms with van der Waals surface area (Å²) in [6.45, 7) is 0. The van der Waals surface area contributed by atoms with Gasteiger partial charge in [0.25, 0.3) is 0 Å². The lowest BCUT2D eigenvalue weighted by atomic mass is 10.0. The number of hydrogen-bond acceptors (Lipinski definition) is 2. The first-order valence-electron chi connectivity index (χ1n) is 4.07. The van der Waals surface area contributed by atoms with Crippen molar-refractivity contribution >= 4 is 28.5 Å². The molecule has 1 aromatic heterocycles. The standard InChI is InChI=1S/C9H9IN2O/c10-6-1-4-12-7(5-6)9(2-3-9)8(11)13/h1,4-5H,2-3H2,(H2,11,13). The van der Waals surface area contributed by atoms with Crippen molar-refractivity contribution < 1.29 is 4.79 Å². The molecule has 1 aliphatic carbocycles. The summed E-state index contributed by atoms with van der Waals surface area (Å²) in [7, 11) is 0. The molecule has 1 saturated carbocycles. The molecule has 3 nitrogen and oxygen atoms in total. The zero-order valence-electron chi connectivity index (χ0n) is 6.96. The fourth-order valence-electron chi connectivity index (χ4n) is 1.42. The molecule has 0 aliphatic heterocycles. The van der Waals surface area contributed by atoms with Crippen LogP contribution in [0.15, 0.2) is 18.3 Å². The molecule has 0 radical (unpaired) electrons. The second-order valence-corrected chi connectivity index (χ2v) is 4.55. The highest BCUT2D eigenvalue weighted by atomic mass is 127. The second kappa shape index (κ2) is 2.94. The van der Waals surface area contributed by atoms with Crippen molar-refractivity contribution in [3.8, 4) is 0 Å². The Labute approximate surface area is 89.9 Å². The Balaban J connectivity index is 2.41. The van der Waals surface area contributed by atoms with Gasteiger partial charge in [0.1, 0.15) is 0 Å². The minimum Gasteiger partial charge on any atom is -0.369 e. The Morgan fingerprint density at radius 2 is 2.31 bits per heavy atom. The summed E-state index contributed by atoms with van der Waals surface area (Å²) in [5.74, 6) is -0.248. The fraction of sp³-hybridized carbons (Fsp3) is 0.333.